The van der Waals surface area contributed by atoms with Gasteiger partial charge in [0.1, 0.15) is 5.60 Å². The Balaban J connectivity index is 1.79. The number of likely N-dealkylation sites (tertiary alicyclic amines) is 1. The third-order valence-corrected chi connectivity index (χ3v) is 7.26. The first-order chi connectivity index (χ1) is 15.5. The van der Waals surface area contributed by atoms with Gasteiger partial charge in [-0.15, -0.1) is 0 Å². The maximum Gasteiger partial charge on any atom is 0.124 e. The van der Waals surface area contributed by atoms with E-state index in [1.807, 2.05) is 26.0 Å². The van der Waals surface area contributed by atoms with Crippen molar-refractivity contribution in [3.63, 3.8) is 0 Å². The van der Waals surface area contributed by atoms with Gasteiger partial charge in [0.25, 0.3) is 0 Å². The Morgan fingerprint density at radius 1 is 1.09 bits per heavy atom. The Kier molecular flexibility index (Phi) is 5.97. The van der Waals surface area contributed by atoms with Gasteiger partial charge in [0.2, 0.25) is 0 Å². The maximum atomic E-state index is 12.4. The summed E-state index contributed by atoms with van der Waals surface area (Å²) >= 11 is 0. The monoisotopic (exact) mass is 448 g/mol. The summed E-state index contributed by atoms with van der Waals surface area (Å²) in [6.07, 6.45) is 3.54. The largest absolute Gasteiger partial charge is 0.395 e. The Morgan fingerprint density at radius 3 is 2.33 bits per heavy atom. The fourth-order valence-electron chi connectivity index (χ4n) is 5.03. The van der Waals surface area contributed by atoms with Crippen molar-refractivity contribution in [3.05, 3.63) is 71.2 Å². The molecule has 1 aliphatic rings. The molecule has 0 bridgehead atoms. The lowest BCUT2D eigenvalue weighted by molar-refractivity contribution is -0.127. The van der Waals surface area contributed by atoms with E-state index < -0.39 is 11.0 Å². The summed E-state index contributed by atoms with van der Waals surface area (Å²) in [5, 5.41) is 29.6. The number of pyridine rings is 1. The molecule has 3 heterocycles. The van der Waals surface area contributed by atoms with Crippen molar-refractivity contribution in [3.8, 4) is 11.3 Å². The number of hydrogen-bond acceptors (Lipinski definition) is 5. The summed E-state index contributed by atoms with van der Waals surface area (Å²) in [5.41, 5.74) is 3.37. The van der Waals surface area contributed by atoms with Crippen molar-refractivity contribution in [2.75, 3.05) is 26.7 Å². The molecule has 1 atom stereocenters. The van der Waals surface area contributed by atoms with Gasteiger partial charge in [-0.2, -0.15) is 5.10 Å². The Labute approximate surface area is 196 Å². The first-order valence-corrected chi connectivity index (χ1v) is 11.6. The highest BCUT2D eigenvalue weighted by Gasteiger charge is 2.55. The van der Waals surface area contributed by atoms with Crippen LogP contribution in [0, 0.1) is 5.41 Å². The first kappa shape index (κ1) is 23.6. The summed E-state index contributed by atoms with van der Waals surface area (Å²) < 4.78 is 0. The summed E-state index contributed by atoms with van der Waals surface area (Å²) in [7, 11) is 2.08. The molecule has 4 rings (SSSR count). The molecule has 3 aromatic rings. The van der Waals surface area contributed by atoms with Crippen LogP contribution in [0.5, 0.6) is 0 Å². The highest BCUT2D eigenvalue weighted by molar-refractivity contribution is 5.60. The Morgan fingerprint density at radius 2 is 1.76 bits per heavy atom. The van der Waals surface area contributed by atoms with Gasteiger partial charge in [0.15, 0.2) is 0 Å². The van der Waals surface area contributed by atoms with Crippen molar-refractivity contribution < 1.29 is 10.2 Å². The lowest BCUT2D eigenvalue weighted by Gasteiger charge is -2.55. The van der Waals surface area contributed by atoms with Crippen molar-refractivity contribution in [1.82, 2.24) is 20.1 Å². The van der Waals surface area contributed by atoms with E-state index in [0.29, 0.717) is 5.92 Å². The van der Waals surface area contributed by atoms with Gasteiger partial charge in [-0.25, -0.2) is 0 Å². The summed E-state index contributed by atoms with van der Waals surface area (Å²) in [5.74, 6) is 0.430. The molecule has 0 saturated carbocycles. The molecule has 0 spiro atoms. The number of nitrogens with zero attached hydrogens (tertiary/aromatic N) is 3. The number of aliphatic hydroxyl groups is 2. The second-order valence-corrected chi connectivity index (χ2v) is 10.9. The van der Waals surface area contributed by atoms with Gasteiger partial charge in [-0.05, 0) is 36.2 Å². The Hall–Kier alpha value is -2.54. The lowest BCUT2D eigenvalue weighted by atomic mass is 9.62. The fourth-order valence-corrected chi connectivity index (χ4v) is 5.03. The lowest BCUT2D eigenvalue weighted by Crippen LogP contribution is -2.63. The molecule has 6 heteroatoms. The number of aromatic nitrogens is 3. The Bertz CT molecular complexity index is 1110. The molecule has 1 saturated heterocycles. The van der Waals surface area contributed by atoms with E-state index in [2.05, 4.69) is 72.2 Å². The topological polar surface area (TPSA) is 85.3 Å². The van der Waals surface area contributed by atoms with Gasteiger partial charge in [0, 0.05) is 53.1 Å². The van der Waals surface area contributed by atoms with Crippen LogP contribution in [0.25, 0.3) is 11.3 Å². The minimum Gasteiger partial charge on any atom is -0.395 e. The van der Waals surface area contributed by atoms with E-state index >= 15 is 0 Å². The molecule has 2 aromatic heterocycles. The number of benzene rings is 1. The molecule has 1 aromatic carbocycles. The van der Waals surface area contributed by atoms with Crippen LogP contribution in [0.15, 0.2) is 48.8 Å². The summed E-state index contributed by atoms with van der Waals surface area (Å²) in [6.45, 7) is 12.0. The smallest absolute Gasteiger partial charge is 0.124 e. The van der Waals surface area contributed by atoms with E-state index in [1.165, 1.54) is 5.56 Å². The van der Waals surface area contributed by atoms with Gasteiger partial charge < -0.3 is 15.1 Å². The predicted octanol–water partition coefficient (Wildman–Crippen LogP) is 4.05. The molecule has 176 valence electrons. The van der Waals surface area contributed by atoms with Crippen LogP contribution in [-0.2, 0) is 11.0 Å². The fraction of sp³-hybridized carbons (Fsp3) is 0.481. The van der Waals surface area contributed by atoms with Crippen LogP contribution in [0.4, 0.5) is 0 Å². The number of hydrogen-bond donors (Lipinski definition) is 3. The first-order valence-electron chi connectivity index (χ1n) is 11.6. The van der Waals surface area contributed by atoms with Crippen LogP contribution in [0.1, 0.15) is 62.9 Å². The number of H-pyrrole nitrogens is 1. The van der Waals surface area contributed by atoms with Crippen LogP contribution in [0.2, 0.25) is 0 Å². The molecule has 0 unspecified atom stereocenters. The zero-order valence-electron chi connectivity index (χ0n) is 20.6. The second-order valence-electron chi connectivity index (χ2n) is 10.9. The number of aliphatic hydroxyl groups excluding tert-OH is 1. The van der Waals surface area contributed by atoms with E-state index in [9.17, 15) is 10.2 Å². The molecule has 0 radical (unpaired) electrons. The average Bonchev–Trinajstić information content (AvgIpc) is 3.29. The molecule has 1 aliphatic heterocycles. The summed E-state index contributed by atoms with van der Waals surface area (Å²) in [4.78, 5) is 6.73. The van der Waals surface area contributed by atoms with Crippen LogP contribution in [0.3, 0.4) is 0 Å². The van der Waals surface area contributed by atoms with Crippen molar-refractivity contribution in [2.45, 2.75) is 51.6 Å². The van der Waals surface area contributed by atoms with Crippen molar-refractivity contribution in [1.29, 1.82) is 0 Å². The zero-order valence-corrected chi connectivity index (χ0v) is 20.6. The van der Waals surface area contributed by atoms with E-state index in [1.54, 1.807) is 12.4 Å². The third-order valence-electron chi connectivity index (χ3n) is 7.26. The third kappa shape index (κ3) is 4.01. The molecule has 1 fully saturated rings. The second kappa shape index (κ2) is 8.35. The summed E-state index contributed by atoms with van der Waals surface area (Å²) in [6, 6.07) is 12.3. The maximum absolute atomic E-state index is 12.4. The quantitative estimate of drug-likeness (QED) is 0.508. The highest BCUT2D eigenvalue weighted by atomic mass is 16.3. The van der Waals surface area contributed by atoms with E-state index in [-0.39, 0.29) is 12.0 Å². The van der Waals surface area contributed by atoms with Gasteiger partial charge in [0.05, 0.1) is 12.3 Å². The zero-order chi connectivity index (χ0) is 24.0. The van der Waals surface area contributed by atoms with Gasteiger partial charge in [-0.3, -0.25) is 10.1 Å². The van der Waals surface area contributed by atoms with Crippen LogP contribution >= 0.6 is 0 Å². The van der Waals surface area contributed by atoms with Crippen molar-refractivity contribution >= 4 is 0 Å². The molecular formula is C27H36N4O2. The number of aromatic amines is 1. The van der Waals surface area contributed by atoms with Crippen molar-refractivity contribution in [2.24, 2.45) is 5.41 Å². The van der Waals surface area contributed by atoms with Crippen LogP contribution in [-0.4, -0.2) is 57.0 Å². The number of nitrogens with one attached hydrogen (secondary N) is 1. The SMILES string of the molecule is CC(C)c1ccc([C@](O)(c2cncc(-c3cc(C(C)(C)CO)[nH]n3)c2)C2(C)CN(C)C2)cc1. The predicted molar refractivity (Wildman–Crippen MR) is 131 cm³/mol. The molecule has 3 N–H and O–H groups in total. The van der Waals surface area contributed by atoms with Gasteiger partial charge in [-0.1, -0.05) is 58.9 Å². The molecule has 33 heavy (non-hydrogen) atoms. The minimum absolute atomic E-state index is 0.0188. The molecule has 6 nitrogen and oxygen atoms in total. The molecule has 0 aliphatic carbocycles. The standard InChI is InChI=1S/C27H36N4O2/c1-18(2)19-7-9-21(10-8-19)27(33,26(5)15-31(6)16-26)22-11-20(13-28-14-22)23-12-24(30-29-23)25(3,4)17-32/h7-14,18,32-33H,15-17H2,1-6H3,(H,29,30)/t27-/m0/s1. The van der Waals surface area contributed by atoms with Gasteiger partial charge >= 0.3 is 0 Å². The normalized spacial score (nSPS) is 18.2. The average molecular weight is 449 g/mol. The van der Waals surface area contributed by atoms with Crippen LogP contribution < -0.4 is 0 Å². The highest BCUT2D eigenvalue weighted by Crippen LogP contribution is 2.50. The minimum atomic E-state index is -1.19. The number of rotatable bonds is 7. The molecular weight excluding hydrogens is 412 g/mol. The molecule has 0 amide bonds. The van der Waals surface area contributed by atoms with E-state index in [4.69, 9.17) is 0 Å². The van der Waals surface area contributed by atoms with E-state index in [0.717, 1.165) is 41.2 Å².